The lowest BCUT2D eigenvalue weighted by Crippen LogP contribution is -2.60. The first-order valence-corrected chi connectivity index (χ1v) is 32.7. The van der Waals surface area contributed by atoms with Gasteiger partial charge in [0.15, 0.2) is 23.0 Å². The predicted octanol–water partition coefficient (Wildman–Crippen LogP) is 8.63. The molecule has 4 N–H and O–H groups in total. The number of piperidine rings is 1. The maximum Gasteiger partial charge on any atom is 0.297 e. The van der Waals surface area contributed by atoms with Crippen LogP contribution in [0.3, 0.4) is 0 Å². The second kappa shape index (κ2) is 22.8. The summed E-state index contributed by atoms with van der Waals surface area (Å²) in [6.45, 7) is 14.1. The summed E-state index contributed by atoms with van der Waals surface area (Å²) in [5.74, 6) is 2.14. The molecule has 88 heavy (non-hydrogen) atoms. The van der Waals surface area contributed by atoms with Crippen LogP contribution in [0.4, 0.5) is 34.3 Å². The van der Waals surface area contributed by atoms with Crippen LogP contribution in [0.2, 0.25) is 0 Å². The van der Waals surface area contributed by atoms with Gasteiger partial charge in [0.2, 0.25) is 5.88 Å². The fourth-order valence-electron chi connectivity index (χ4n) is 15.4. The van der Waals surface area contributed by atoms with E-state index in [-0.39, 0.29) is 77.9 Å². The lowest BCUT2D eigenvalue weighted by molar-refractivity contribution is -0.384. The van der Waals surface area contributed by atoms with Crippen LogP contribution in [0.15, 0.2) is 84.0 Å². The highest BCUT2D eigenvalue weighted by molar-refractivity contribution is 7.90. The number of carbonyl (C=O) groups excluding carboxylic acids is 1. The summed E-state index contributed by atoms with van der Waals surface area (Å²) in [5, 5.41) is 20.3. The summed E-state index contributed by atoms with van der Waals surface area (Å²) in [5.41, 5.74) is 5.95. The quantitative estimate of drug-likeness (QED) is 0.0661. The lowest BCUT2D eigenvalue weighted by atomic mass is 9.59. The number of pyridine rings is 2. The van der Waals surface area contributed by atoms with Crippen LogP contribution in [0.1, 0.15) is 105 Å². The molecule has 9 aliphatic rings. The Kier molecular flexibility index (Phi) is 14.8. The van der Waals surface area contributed by atoms with Crippen molar-refractivity contribution >= 4 is 61.2 Å². The smallest absolute Gasteiger partial charge is 0.297 e. The van der Waals surface area contributed by atoms with E-state index < -0.39 is 37.5 Å². The molecule has 15 rings (SSSR count). The number of para-hydroxylation sites is 1. The Bertz CT molecular complexity index is 3790. The fraction of sp³-hybridized carbons (Fsp3) is 0.516. The summed E-state index contributed by atoms with van der Waals surface area (Å²) < 4.78 is 74.7. The highest BCUT2D eigenvalue weighted by Gasteiger charge is 2.51. The van der Waals surface area contributed by atoms with Gasteiger partial charge in [0.05, 0.1) is 77.2 Å². The largest absolute Gasteiger partial charge is 0.491 e. The number of aromatic nitrogens is 3. The summed E-state index contributed by atoms with van der Waals surface area (Å²) >= 11 is 0. The molecule has 464 valence electrons. The van der Waals surface area contributed by atoms with Crippen molar-refractivity contribution in [1.82, 2.24) is 29.5 Å². The Morgan fingerprint density at radius 2 is 1.70 bits per heavy atom. The number of sulfonamides is 1. The van der Waals surface area contributed by atoms with E-state index in [1.807, 2.05) is 36.7 Å². The molecule has 3 aromatic carbocycles. The first kappa shape index (κ1) is 57.0. The van der Waals surface area contributed by atoms with Gasteiger partial charge in [-0.3, -0.25) is 24.7 Å². The number of aromatic amines is 1. The van der Waals surface area contributed by atoms with E-state index in [4.69, 9.17) is 43.1 Å². The Labute approximate surface area is 510 Å². The first-order valence-electron chi connectivity index (χ1n) is 31.2. The van der Waals surface area contributed by atoms with Crippen molar-refractivity contribution in [3.63, 3.8) is 0 Å². The fourth-order valence-corrected chi connectivity index (χ4v) is 16.4. The molecule has 1 spiro atoms. The standard InChI is InChI=1S/C64H75N11O12S/c1-37(2)86-55-7-5-4-6-44(55)53-31-72(54-35-83-33-47-46(54)30-66-61-59(47)85-32-38(3)67-61)19-20-73(53)42-28-64(29-42)14-17-71(18-15-64)41-8-9-45(50(25-41)74-49-13-23-82-36-57(49)87-63-52(74)24-40-10-16-65-60(40)69-63)62(76)70-88(79,80)43-26-51(75(77)78)58-56(27-43)84-34-48(68-58)39-11-21-81-22-12-39/h4-10,16,24-27,30,37-39,42,48-49,53-54,57,68H,11-15,17-23,28-29,31-36H2,1-3H3,(H,65,69)(H,66,67)(H,70,76)/t38-,48-,49-,53-,54+,57-/m0/s1. The third-order valence-electron chi connectivity index (χ3n) is 19.9. The van der Waals surface area contributed by atoms with Gasteiger partial charge in [0.25, 0.3) is 21.6 Å². The van der Waals surface area contributed by atoms with E-state index in [2.05, 4.69) is 85.0 Å². The van der Waals surface area contributed by atoms with Gasteiger partial charge in [0, 0.05) is 105 Å². The molecular formula is C64H75N11O12S. The molecular weight excluding hydrogens is 1150 g/mol. The second-order valence-electron chi connectivity index (χ2n) is 25.7. The monoisotopic (exact) mass is 1220 g/mol. The number of hydrogen-bond donors (Lipinski definition) is 4. The maximum atomic E-state index is 15.0. The van der Waals surface area contributed by atoms with Gasteiger partial charge in [0.1, 0.15) is 36.4 Å². The molecule has 5 fully saturated rings. The van der Waals surface area contributed by atoms with Crippen molar-refractivity contribution in [2.45, 2.75) is 126 Å². The maximum absolute atomic E-state index is 15.0. The minimum atomic E-state index is -4.73. The zero-order chi connectivity index (χ0) is 60.0. The number of nitro groups is 1. The van der Waals surface area contributed by atoms with Crippen molar-refractivity contribution in [2.75, 3.05) is 99.4 Å². The highest BCUT2D eigenvalue weighted by Crippen LogP contribution is 2.55. The van der Waals surface area contributed by atoms with Crippen molar-refractivity contribution < 1.29 is 51.3 Å². The Morgan fingerprint density at radius 3 is 2.53 bits per heavy atom. The molecule has 1 aliphatic carbocycles. The topological polar surface area (TPSA) is 250 Å². The van der Waals surface area contributed by atoms with E-state index in [1.165, 1.54) is 17.2 Å². The van der Waals surface area contributed by atoms with Gasteiger partial charge < -0.3 is 58.6 Å². The average molecular weight is 1220 g/mol. The van der Waals surface area contributed by atoms with Crippen LogP contribution in [0, 0.1) is 21.4 Å². The molecule has 11 heterocycles. The highest BCUT2D eigenvalue weighted by atomic mass is 32.2. The molecule has 0 bridgehead atoms. The van der Waals surface area contributed by atoms with Crippen LogP contribution in [0.25, 0.3) is 11.0 Å². The van der Waals surface area contributed by atoms with Gasteiger partial charge in [-0.05, 0) is 119 Å². The molecule has 6 aromatic rings. The normalized spacial score (nSPS) is 25.5. The van der Waals surface area contributed by atoms with E-state index in [1.54, 1.807) is 6.07 Å². The number of anilines is 5. The molecule has 23 nitrogen and oxygen atoms in total. The summed E-state index contributed by atoms with van der Waals surface area (Å²) in [7, 11) is -4.73. The molecule has 6 atom stereocenters. The zero-order valence-corrected chi connectivity index (χ0v) is 50.6. The van der Waals surface area contributed by atoms with Gasteiger partial charge in [-0.2, -0.15) is 4.98 Å². The van der Waals surface area contributed by atoms with Crippen LogP contribution in [-0.4, -0.2) is 159 Å². The van der Waals surface area contributed by atoms with Crippen LogP contribution in [0.5, 0.6) is 23.1 Å². The molecule has 1 amide bonds. The lowest BCUT2D eigenvalue weighted by Gasteiger charge is -2.58. The SMILES string of the molecule is CC(C)Oc1ccccc1[C@@H]1CN([C@@H]2COCc3c2cnc2c3OC[C@H](C)N2)CCN1C1CC2(CCN(c3ccc(C(=O)NS(=O)(=O)c4cc5c(c([N+](=O)[O-])c4)N[C@H](C4CCOCC4)CO5)c(N4c5cc6cc[nH]c6nc5O[C@H]5COCC[C@@H]54)c3)CC2)C1. The average Bonchev–Trinajstić information content (AvgIpc) is 1.36. The third kappa shape index (κ3) is 10.4. The number of ether oxygens (including phenoxy) is 7. The molecule has 8 aliphatic heterocycles. The van der Waals surface area contributed by atoms with Crippen molar-refractivity contribution in [3.05, 3.63) is 111 Å². The third-order valence-corrected chi connectivity index (χ3v) is 21.2. The molecule has 24 heteroatoms. The number of H-pyrrole nitrogens is 1. The molecule has 0 radical (unpaired) electrons. The number of hydrogen-bond acceptors (Lipinski definition) is 20. The van der Waals surface area contributed by atoms with Crippen LogP contribution < -0.4 is 44.1 Å². The number of fused-ring (bicyclic) bond motifs is 7. The summed E-state index contributed by atoms with van der Waals surface area (Å²) in [6.07, 6.45) is 9.55. The Morgan fingerprint density at radius 1 is 0.875 bits per heavy atom. The number of nitrogens with one attached hydrogen (secondary N) is 4. The number of benzene rings is 3. The summed E-state index contributed by atoms with van der Waals surface area (Å²) in [4.78, 5) is 49.3. The van der Waals surface area contributed by atoms with Crippen molar-refractivity contribution in [3.8, 4) is 23.1 Å². The first-order chi connectivity index (χ1) is 42.7. The minimum absolute atomic E-state index is 0.0128. The van der Waals surface area contributed by atoms with Crippen LogP contribution >= 0.6 is 0 Å². The number of rotatable bonds is 12. The van der Waals surface area contributed by atoms with Crippen LogP contribution in [-0.2, 0) is 30.8 Å². The zero-order valence-electron chi connectivity index (χ0n) is 49.8. The molecule has 0 unspecified atom stereocenters. The number of amides is 1. The predicted molar refractivity (Wildman–Crippen MR) is 328 cm³/mol. The van der Waals surface area contributed by atoms with E-state index in [0.717, 1.165) is 111 Å². The van der Waals surface area contributed by atoms with E-state index in [0.29, 0.717) is 75.0 Å². The van der Waals surface area contributed by atoms with E-state index >= 15 is 4.79 Å². The Balaban J connectivity index is 0.701. The summed E-state index contributed by atoms with van der Waals surface area (Å²) in [6, 6.07) is 20.4. The number of nitrogens with zero attached hydrogens (tertiary/aromatic N) is 7. The van der Waals surface area contributed by atoms with Gasteiger partial charge in [-0.1, -0.05) is 18.2 Å². The molecule has 3 aromatic heterocycles. The Hall–Kier alpha value is -7.48. The van der Waals surface area contributed by atoms with Crippen molar-refractivity contribution in [2.24, 2.45) is 11.3 Å². The molecule has 1 saturated carbocycles. The number of carbonyl (C=O) groups is 1. The minimum Gasteiger partial charge on any atom is -0.491 e. The number of nitro benzene ring substituents is 1. The van der Waals surface area contributed by atoms with Gasteiger partial charge in [-0.25, -0.2) is 18.1 Å². The number of piperazine rings is 1. The van der Waals surface area contributed by atoms with Gasteiger partial charge >= 0.3 is 0 Å². The van der Waals surface area contributed by atoms with Gasteiger partial charge in [-0.15, -0.1) is 0 Å². The van der Waals surface area contributed by atoms with Crippen molar-refractivity contribution in [1.29, 1.82) is 0 Å². The van der Waals surface area contributed by atoms with E-state index in [9.17, 15) is 18.5 Å². The second-order valence-corrected chi connectivity index (χ2v) is 27.3. The molecule has 4 saturated heterocycles.